The van der Waals surface area contributed by atoms with Crippen molar-refractivity contribution < 1.29 is 5.11 Å². The molecule has 4 rings (SSSR count). The lowest BCUT2D eigenvalue weighted by atomic mass is 9.69. The summed E-state index contributed by atoms with van der Waals surface area (Å²) in [4.78, 5) is 0. The van der Waals surface area contributed by atoms with Crippen LogP contribution in [0.25, 0.3) is 10.9 Å². The molecule has 1 heterocycles. The number of aromatic amines is 1. The van der Waals surface area contributed by atoms with E-state index in [9.17, 15) is 5.11 Å². The van der Waals surface area contributed by atoms with Gasteiger partial charge >= 0.3 is 0 Å². The molecule has 0 radical (unpaired) electrons. The number of aliphatic hydroxyl groups is 1. The van der Waals surface area contributed by atoms with Gasteiger partial charge in [-0.05, 0) is 54.7 Å². The lowest BCUT2D eigenvalue weighted by molar-refractivity contribution is 0.00855. The molecule has 1 fully saturated rings. The Morgan fingerprint density at radius 1 is 1.19 bits per heavy atom. The molecular formula is C18H24N2O. The first kappa shape index (κ1) is 13.3. The molecule has 1 aromatic heterocycles. The largest absolute Gasteiger partial charge is 0.388 e. The van der Waals surface area contributed by atoms with Crippen LogP contribution >= 0.6 is 0 Å². The summed E-state index contributed by atoms with van der Waals surface area (Å²) in [7, 11) is 0. The van der Waals surface area contributed by atoms with Gasteiger partial charge in [-0.15, -0.1) is 0 Å². The Balaban J connectivity index is 1.87. The number of nitrogens with one attached hydrogen (secondary N) is 1. The van der Waals surface area contributed by atoms with Gasteiger partial charge in [-0.25, -0.2) is 0 Å². The third-order valence-corrected chi connectivity index (χ3v) is 5.78. The van der Waals surface area contributed by atoms with Gasteiger partial charge in [-0.2, -0.15) is 5.10 Å². The molecule has 3 heteroatoms. The molecule has 112 valence electrons. The number of hydrogen-bond donors (Lipinski definition) is 2. The van der Waals surface area contributed by atoms with Crippen molar-refractivity contribution in [3.05, 3.63) is 29.0 Å². The minimum absolute atomic E-state index is 0.0218. The van der Waals surface area contributed by atoms with Crippen molar-refractivity contribution in [1.82, 2.24) is 10.2 Å². The fraction of sp³-hybridized carbons (Fsp3) is 0.611. The summed E-state index contributed by atoms with van der Waals surface area (Å²) < 4.78 is 0. The smallest absolute Gasteiger partial charge is 0.0867 e. The molecule has 1 unspecified atom stereocenters. The van der Waals surface area contributed by atoms with Crippen LogP contribution in [0.15, 0.2) is 12.3 Å². The summed E-state index contributed by atoms with van der Waals surface area (Å²) in [6, 6.07) is 2.26. The fourth-order valence-electron chi connectivity index (χ4n) is 4.48. The van der Waals surface area contributed by atoms with Crippen LogP contribution in [0.5, 0.6) is 0 Å². The van der Waals surface area contributed by atoms with E-state index in [1.807, 2.05) is 6.20 Å². The predicted molar refractivity (Wildman–Crippen MR) is 84.3 cm³/mol. The zero-order valence-corrected chi connectivity index (χ0v) is 12.8. The first-order chi connectivity index (χ1) is 10.2. The molecule has 0 saturated heterocycles. The van der Waals surface area contributed by atoms with Crippen molar-refractivity contribution in [3.63, 3.8) is 0 Å². The van der Waals surface area contributed by atoms with E-state index >= 15 is 0 Å². The molecule has 2 aromatic rings. The van der Waals surface area contributed by atoms with Gasteiger partial charge in [-0.3, -0.25) is 5.10 Å². The highest BCUT2D eigenvalue weighted by molar-refractivity contribution is 5.84. The van der Waals surface area contributed by atoms with Crippen LogP contribution in [0.1, 0.15) is 68.2 Å². The van der Waals surface area contributed by atoms with Crippen molar-refractivity contribution >= 4 is 10.9 Å². The average molecular weight is 284 g/mol. The molecular weight excluding hydrogens is 260 g/mol. The second-order valence-corrected chi connectivity index (χ2v) is 7.23. The van der Waals surface area contributed by atoms with Gasteiger partial charge in [-0.1, -0.05) is 26.2 Å². The van der Waals surface area contributed by atoms with E-state index in [1.165, 1.54) is 36.8 Å². The summed E-state index contributed by atoms with van der Waals surface area (Å²) in [5, 5.41) is 19.8. The number of fused-ring (bicyclic) bond motifs is 2. The highest BCUT2D eigenvalue weighted by atomic mass is 16.3. The normalized spacial score (nSPS) is 22.4. The molecule has 2 aliphatic rings. The lowest BCUT2D eigenvalue weighted by Gasteiger charge is -2.39. The van der Waals surface area contributed by atoms with Gasteiger partial charge in [0.25, 0.3) is 0 Å². The topological polar surface area (TPSA) is 48.9 Å². The zero-order valence-electron chi connectivity index (χ0n) is 12.8. The summed E-state index contributed by atoms with van der Waals surface area (Å²) in [6.07, 6.45) is 11.1. The van der Waals surface area contributed by atoms with E-state index in [0.717, 1.165) is 42.1 Å². The van der Waals surface area contributed by atoms with Crippen LogP contribution in [0, 0.1) is 5.41 Å². The van der Waals surface area contributed by atoms with Crippen molar-refractivity contribution in [2.24, 2.45) is 5.41 Å². The van der Waals surface area contributed by atoms with Crippen molar-refractivity contribution in [1.29, 1.82) is 0 Å². The van der Waals surface area contributed by atoms with Gasteiger partial charge in [0.15, 0.2) is 0 Å². The molecule has 2 aliphatic carbocycles. The summed E-state index contributed by atoms with van der Waals surface area (Å²) in [6.45, 7) is 2.27. The van der Waals surface area contributed by atoms with Gasteiger partial charge in [0.05, 0.1) is 17.8 Å². The lowest BCUT2D eigenvalue weighted by Crippen LogP contribution is -2.29. The maximum atomic E-state index is 11.2. The molecule has 3 nitrogen and oxygen atoms in total. The van der Waals surface area contributed by atoms with Crippen LogP contribution in [0.2, 0.25) is 0 Å². The minimum atomic E-state index is -0.367. The van der Waals surface area contributed by atoms with Gasteiger partial charge in [0.1, 0.15) is 0 Å². The van der Waals surface area contributed by atoms with Crippen LogP contribution in [-0.4, -0.2) is 15.3 Å². The summed E-state index contributed by atoms with van der Waals surface area (Å²) in [5.74, 6) is 0. The molecule has 2 N–H and O–H groups in total. The average Bonchev–Trinajstić information content (AvgIpc) is 3.13. The number of rotatable bonds is 2. The number of nitrogens with zero attached hydrogens (tertiary/aromatic N) is 1. The summed E-state index contributed by atoms with van der Waals surface area (Å²) in [5.41, 5.74) is 5.06. The number of aromatic nitrogens is 2. The highest BCUT2D eigenvalue weighted by Crippen LogP contribution is 2.48. The van der Waals surface area contributed by atoms with Gasteiger partial charge in [0.2, 0.25) is 0 Å². The van der Waals surface area contributed by atoms with Gasteiger partial charge < -0.3 is 5.11 Å². The third-order valence-electron chi connectivity index (χ3n) is 5.78. The number of aryl methyl sites for hydroxylation is 1. The first-order valence-corrected chi connectivity index (χ1v) is 8.35. The van der Waals surface area contributed by atoms with Crippen LogP contribution < -0.4 is 0 Å². The van der Waals surface area contributed by atoms with Crippen molar-refractivity contribution in [2.75, 3.05) is 0 Å². The van der Waals surface area contributed by atoms with E-state index in [0.29, 0.717) is 0 Å². The van der Waals surface area contributed by atoms with E-state index in [-0.39, 0.29) is 11.5 Å². The quantitative estimate of drug-likeness (QED) is 0.874. The monoisotopic (exact) mass is 284 g/mol. The molecule has 1 saturated carbocycles. The van der Waals surface area contributed by atoms with Crippen LogP contribution in [0.3, 0.4) is 0 Å². The van der Waals surface area contributed by atoms with E-state index in [2.05, 4.69) is 23.2 Å². The Bertz CT molecular complexity index is 667. The Labute approximate surface area is 125 Å². The Morgan fingerprint density at radius 2 is 2.00 bits per heavy atom. The van der Waals surface area contributed by atoms with E-state index < -0.39 is 0 Å². The standard InChI is InChI=1S/C18H24N2O/c1-18(8-3-2-4-9-18)17(21)15-14-7-5-6-12(14)10-13-11-19-20-16(13)15/h10-11,17,21H,2-9H2,1H3,(H,19,20). The highest BCUT2D eigenvalue weighted by Gasteiger charge is 2.38. The second-order valence-electron chi connectivity index (χ2n) is 7.23. The second kappa shape index (κ2) is 4.84. The minimum Gasteiger partial charge on any atom is -0.388 e. The van der Waals surface area contributed by atoms with Crippen LogP contribution in [-0.2, 0) is 12.8 Å². The maximum absolute atomic E-state index is 11.2. The fourth-order valence-corrected chi connectivity index (χ4v) is 4.48. The van der Waals surface area contributed by atoms with Gasteiger partial charge in [0, 0.05) is 10.9 Å². The SMILES string of the molecule is CC1(C(O)c2c3c(cc4cn[nH]c24)CCC3)CCCCC1. The predicted octanol–water partition coefficient (Wildman–Crippen LogP) is 4.06. The van der Waals surface area contributed by atoms with Crippen molar-refractivity contribution in [2.45, 2.75) is 64.4 Å². The van der Waals surface area contributed by atoms with E-state index in [1.54, 1.807) is 0 Å². The number of hydrogen-bond acceptors (Lipinski definition) is 2. The molecule has 0 aliphatic heterocycles. The van der Waals surface area contributed by atoms with E-state index in [4.69, 9.17) is 0 Å². The number of H-pyrrole nitrogens is 1. The molecule has 1 aromatic carbocycles. The molecule has 21 heavy (non-hydrogen) atoms. The van der Waals surface area contributed by atoms with Crippen LogP contribution in [0.4, 0.5) is 0 Å². The number of aliphatic hydroxyl groups excluding tert-OH is 1. The Morgan fingerprint density at radius 3 is 2.81 bits per heavy atom. The Hall–Kier alpha value is -1.35. The molecule has 0 amide bonds. The third kappa shape index (κ3) is 2.02. The summed E-state index contributed by atoms with van der Waals surface area (Å²) >= 11 is 0. The molecule has 0 spiro atoms. The Kier molecular flexibility index (Phi) is 3.07. The maximum Gasteiger partial charge on any atom is 0.0867 e. The molecule has 1 atom stereocenters. The number of benzene rings is 1. The first-order valence-electron chi connectivity index (χ1n) is 8.35. The molecule has 0 bridgehead atoms. The van der Waals surface area contributed by atoms with Crippen molar-refractivity contribution in [3.8, 4) is 0 Å². The zero-order chi connectivity index (χ0) is 14.4.